The van der Waals surface area contributed by atoms with Crippen LogP contribution in [0.1, 0.15) is 12.5 Å². The molecule has 0 aliphatic heterocycles. The van der Waals surface area contributed by atoms with Crippen LogP contribution in [0.5, 0.6) is 5.75 Å². The van der Waals surface area contributed by atoms with Gasteiger partial charge in [0.05, 0.1) is 0 Å². The van der Waals surface area contributed by atoms with Gasteiger partial charge in [-0.15, -0.1) is 0 Å². The molecule has 0 heterocycles. The number of carbonyl (C=O) groups excluding carboxylic acids is 2. The van der Waals surface area contributed by atoms with Gasteiger partial charge in [0.1, 0.15) is 5.75 Å². The second kappa shape index (κ2) is 8.36. The molecule has 0 saturated carbocycles. The van der Waals surface area contributed by atoms with Crippen LogP contribution in [-0.4, -0.2) is 24.6 Å². The molecule has 0 unspecified atom stereocenters. The summed E-state index contributed by atoms with van der Waals surface area (Å²) < 4.78 is 10.6. The third-order valence-electron chi connectivity index (χ3n) is 4.01. The number of anilines is 1. The summed E-state index contributed by atoms with van der Waals surface area (Å²) in [5, 5.41) is 4.84. The number of nitrogens with one attached hydrogen (secondary N) is 1. The monoisotopic (exact) mass is 363 g/mol. The predicted octanol–water partition coefficient (Wildman–Crippen LogP) is 4.10. The SMILES string of the molecule is Cc1cccc(O[C@H](C)C(=O)OCC(=O)Nc2ccc3ccccc3c2)c1. The van der Waals surface area contributed by atoms with E-state index in [0.717, 1.165) is 16.3 Å². The van der Waals surface area contributed by atoms with Crippen molar-refractivity contribution in [3.63, 3.8) is 0 Å². The molecule has 3 rings (SSSR count). The van der Waals surface area contributed by atoms with E-state index in [1.807, 2.05) is 67.6 Å². The Hall–Kier alpha value is -3.34. The van der Waals surface area contributed by atoms with Crippen LogP contribution in [0.3, 0.4) is 0 Å². The first-order chi connectivity index (χ1) is 13.0. The van der Waals surface area contributed by atoms with Gasteiger partial charge in [-0.2, -0.15) is 0 Å². The lowest BCUT2D eigenvalue weighted by atomic mass is 10.1. The quantitative estimate of drug-likeness (QED) is 0.670. The van der Waals surface area contributed by atoms with E-state index in [9.17, 15) is 9.59 Å². The Morgan fingerprint density at radius 3 is 2.52 bits per heavy atom. The molecular weight excluding hydrogens is 342 g/mol. The summed E-state index contributed by atoms with van der Waals surface area (Å²) in [7, 11) is 0. The largest absolute Gasteiger partial charge is 0.479 e. The van der Waals surface area contributed by atoms with Crippen molar-refractivity contribution < 1.29 is 19.1 Å². The number of rotatable bonds is 6. The first-order valence-electron chi connectivity index (χ1n) is 8.70. The van der Waals surface area contributed by atoms with Crippen LogP contribution in [0, 0.1) is 6.92 Å². The van der Waals surface area contributed by atoms with Gasteiger partial charge >= 0.3 is 5.97 Å². The van der Waals surface area contributed by atoms with Crippen LogP contribution in [0.2, 0.25) is 0 Å². The molecular formula is C22H21NO4. The number of aryl methyl sites for hydroxylation is 1. The van der Waals surface area contributed by atoms with Gasteiger partial charge in [0.2, 0.25) is 0 Å². The number of esters is 1. The van der Waals surface area contributed by atoms with E-state index in [0.29, 0.717) is 11.4 Å². The third kappa shape index (κ3) is 5.07. The highest BCUT2D eigenvalue weighted by Crippen LogP contribution is 2.19. The van der Waals surface area contributed by atoms with Crippen LogP contribution in [0.15, 0.2) is 66.7 Å². The summed E-state index contributed by atoms with van der Waals surface area (Å²) >= 11 is 0. The van der Waals surface area contributed by atoms with Gasteiger partial charge in [-0.05, 0) is 54.4 Å². The van der Waals surface area contributed by atoms with E-state index in [-0.39, 0.29) is 6.61 Å². The lowest BCUT2D eigenvalue weighted by Gasteiger charge is -2.14. The topological polar surface area (TPSA) is 64.6 Å². The second-order valence-corrected chi connectivity index (χ2v) is 6.29. The highest BCUT2D eigenvalue weighted by Gasteiger charge is 2.18. The Morgan fingerprint density at radius 2 is 1.74 bits per heavy atom. The molecule has 1 atom stereocenters. The van der Waals surface area contributed by atoms with E-state index >= 15 is 0 Å². The number of amides is 1. The molecule has 1 amide bonds. The van der Waals surface area contributed by atoms with Crippen molar-refractivity contribution >= 4 is 28.3 Å². The van der Waals surface area contributed by atoms with Gasteiger partial charge in [-0.1, -0.05) is 42.5 Å². The molecule has 5 heteroatoms. The van der Waals surface area contributed by atoms with Gasteiger partial charge in [0.25, 0.3) is 5.91 Å². The number of benzene rings is 3. The van der Waals surface area contributed by atoms with Crippen LogP contribution < -0.4 is 10.1 Å². The van der Waals surface area contributed by atoms with E-state index in [2.05, 4.69) is 5.32 Å². The van der Waals surface area contributed by atoms with Crippen LogP contribution in [0.25, 0.3) is 10.8 Å². The highest BCUT2D eigenvalue weighted by atomic mass is 16.6. The van der Waals surface area contributed by atoms with Crippen molar-refractivity contribution in [3.05, 3.63) is 72.3 Å². The van der Waals surface area contributed by atoms with Crippen molar-refractivity contribution in [2.75, 3.05) is 11.9 Å². The normalized spacial score (nSPS) is 11.6. The molecule has 0 aliphatic rings. The van der Waals surface area contributed by atoms with Gasteiger partial charge < -0.3 is 14.8 Å². The van der Waals surface area contributed by atoms with Crippen molar-refractivity contribution in [2.45, 2.75) is 20.0 Å². The van der Waals surface area contributed by atoms with Crippen LogP contribution >= 0.6 is 0 Å². The van der Waals surface area contributed by atoms with Gasteiger partial charge in [0.15, 0.2) is 12.7 Å². The Morgan fingerprint density at radius 1 is 0.963 bits per heavy atom. The number of hydrogen-bond acceptors (Lipinski definition) is 4. The van der Waals surface area contributed by atoms with Crippen molar-refractivity contribution in [2.24, 2.45) is 0 Å². The minimum Gasteiger partial charge on any atom is -0.479 e. The van der Waals surface area contributed by atoms with Gasteiger partial charge in [0, 0.05) is 5.69 Å². The zero-order valence-corrected chi connectivity index (χ0v) is 15.3. The molecule has 3 aromatic carbocycles. The van der Waals surface area contributed by atoms with Crippen molar-refractivity contribution in [3.8, 4) is 5.75 Å². The zero-order valence-electron chi connectivity index (χ0n) is 15.3. The number of ether oxygens (including phenoxy) is 2. The average molecular weight is 363 g/mol. The number of hydrogen-bond donors (Lipinski definition) is 1. The van der Waals surface area contributed by atoms with E-state index in [1.54, 1.807) is 13.0 Å². The standard InChI is InChI=1S/C22H21NO4/c1-15-6-5-9-20(12-15)27-16(2)22(25)26-14-21(24)23-19-11-10-17-7-3-4-8-18(17)13-19/h3-13,16H,14H2,1-2H3,(H,23,24)/t16-/m1/s1. The average Bonchev–Trinajstić information content (AvgIpc) is 2.66. The van der Waals surface area contributed by atoms with E-state index in [1.165, 1.54) is 0 Å². The first-order valence-corrected chi connectivity index (χ1v) is 8.70. The third-order valence-corrected chi connectivity index (χ3v) is 4.01. The lowest BCUT2D eigenvalue weighted by molar-refractivity contribution is -0.153. The maximum atomic E-state index is 12.0. The number of carbonyl (C=O) groups is 2. The minimum atomic E-state index is -0.805. The molecule has 0 radical (unpaired) electrons. The summed E-state index contributed by atoms with van der Waals surface area (Å²) in [6.07, 6.45) is -0.805. The second-order valence-electron chi connectivity index (χ2n) is 6.29. The molecule has 0 bridgehead atoms. The Kier molecular flexibility index (Phi) is 5.71. The summed E-state index contributed by atoms with van der Waals surface area (Å²) in [6, 6.07) is 20.9. The molecule has 0 saturated heterocycles. The summed E-state index contributed by atoms with van der Waals surface area (Å²) in [5.74, 6) is -0.411. The van der Waals surface area contributed by atoms with Crippen LogP contribution in [-0.2, 0) is 14.3 Å². The van der Waals surface area contributed by atoms with E-state index in [4.69, 9.17) is 9.47 Å². The van der Waals surface area contributed by atoms with Crippen molar-refractivity contribution in [1.29, 1.82) is 0 Å². The Balaban J connectivity index is 1.50. The molecule has 0 spiro atoms. The predicted molar refractivity (Wildman–Crippen MR) is 105 cm³/mol. The molecule has 3 aromatic rings. The van der Waals surface area contributed by atoms with Gasteiger partial charge in [-0.3, -0.25) is 4.79 Å². The molecule has 5 nitrogen and oxygen atoms in total. The smallest absolute Gasteiger partial charge is 0.347 e. The summed E-state index contributed by atoms with van der Waals surface area (Å²) in [4.78, 5) is 24.1. The van der Waals surface area contributed by atoms with Gasteiger partial charge in [-0.25, -0.2) is 4.79 Å². The maximum absolute atomic E-state index is 12.0. The molecule has 138 valence electrons. The lowest BCUT2D eigenvalue weighted by Crippen LogP contribution is -2.29. The fourth-order valence-electron chi connectivity index (χ4n) is 2.66. The number of fused-ring (bicyclic) bond motifs is 1. The summed E-state index contributed by atoms with van der Waals surface area (Å²) in [5.41, 5.74) is 1.68. The minimum absolute atomic E-state index is 0.368. The summed E-state index contributed by atoms with van der Waals surface area (Å²) in [6.45, 7) is 3.16. The molecule has 0 fully saturated rings. The highest BCUT2D eigenvalue weighted by molar-refractivity contribution is 5.95. The Labute approximate surface area is 157 Å². The Bertz CT molecular complexity index is 967. The fourth-order valence-corrected chi connectivity index (χ4v) is 2.66. The van der Waals surface area contributed by atoms with Crippen LogP contribution in [0.4, 0.5) is 5.69 Å². The van der Waals surface area contributed by atoms with Crippen molar-refractivity contribution in [1.82, 2.24) is 0 Å². The molecule has 0 aromatic heterocycles. The first kappa shape index (κ1) is 18.5. The molecule has 27 heavy (non-hydrogen) atoms. The molecule has 1 N–H and O–H groups in total. The fraction of sp³-hybridized carbons (Fsp3) is 0.182. The zero-order chi connectivity index (χ0) is 19.2. The molecule has 0 aliphatic carbocycles. The maximum Gasteiger partial charge on any atom is 0.347 e. The van der Waals surface area contributed by atoms with E-state index < -0.39 is 18.0 Å².